The smallest absolute Gasteiger partial charge is 0.135 e. The van der Waals surface area contributed by atoms with Crippen LogP contribution in [0.4, 0.5) is 17.1 Å². The quantitative estimate of drug-likeness (QED) is 0.180. The van der Waals surface area contributed by atoms with Crippen LogP contribution in [-0.4, -0.2) is 0 Å². The van der Waals surface area contributed by atoms with E-state index in [1.807, 2.05) is 0 Å². The molecule has 0 aromatic heterocycles. The Morgan fingerprint density at radius 3 is 1.58 bits per heavy atom. The number of hydrogen-bond donors (Lipinski definition) is 0. The molecule has 1 heterocycles. The van der Waals surface area contributed by atoms with Gasteiger partial charge in [0, 0.05) is 33.6 Å². The van der Waals surface area contributed by atoms with Gasteiger partial charge >= 0.3 is 0 Å². The van der Waals surface area contributed by atoms with Gasteiger partial charge in [0.1, 0.15) is 11.5 Å². The van der Waals surface area contributed by atoms with Gasteiger partial charge in [-0.2, -0.15) is 0 Å². The van der Waals surface area contributed by atoms with Gasteiger partial charge < -0.3 is 9.64 Å². The van der Waals surface area contributed by atoms with Crippen molar-refractivity contribution in [1.82, 2.24) is 0 Å². The van der Waals surface area contributed by atoms with Gasteiger partial charge in [-0.25, -0.2) is 0 Å². The first kappa shape index (κ1) is 31.1. The zero-order valence-electron chi connectivity index (χ0n) is 29.8. The first-order valence-corrected chi connectivity index (χ1v) is 18.3. The molecule has 0 N–H and O–H groups in total. The second kappa shape index (κ2) is 12.3. The number of fused-ring (bicyclic) bond motifs is 8. The van der Waals surface area contributed by atoms with Crippen LogP contribution >= 0.6 is 0 Å². The third-order valence-corrected chi connectivity index (χ3v) is 11.1. The highest BCUT2D eigenvalue weighted by Gasteiger charge is 2.36. The average Bonchev–Trinajstić information content (AvgIpc) is 3.35. The summed E-state index contributed by atoms with van der Waals surface area (Å²) in [5.41, 5.74) is 17.7. The lowest BCUT2D eigenvalue weighted by Gasteiger charge is -2.29. The van der Waals surface area contributed by atoms with Crippen LogP contribution in [0.15, 0.2) is 188 Å². The summed E-state index contributed by atoms with van der Waals surface area (Å²) in [5, 5.41) is 0. The molecule has 0 radical (unpaired) electrons. The summed E-state index contributed by atoms with van der Waals surface area (Å²) in [4.78, 5) is 2.39. The standard InChI is InChI=1S/C51H37NO/c1-51(2)47-20-12-11-19-43(47)44-29-26-40(33-48(44)51)52(38-24-21-36(22-25-38)34-13-5-3-6-14-34)39-27-30-49-46(32-39)42-18-10-9-17-41(42)45-28-23-37(31-50(45)53-49)35-15-7-4-8-16-35/h3-33H,1-2H3. The van der Waals surface area contributed by atoms with Crippen molar-refractivity contribution in [2.75, 3.05) is 4.90 Å². The maximum Gasteiger partial charge on any atom is 0.135 e. The lowest BCUT2D eigenvalue weighted by atomic mass is 9.82. The highest BCUT2D eigenvalue weighted by atomic mass is 16.5. The SMILES string of the molecule is CC1(C)c2ccccc2-c2ccc(N(c3ccc(-c4ccccc4)cc3)c3ccc4c(c3)-c3ccccc3-c3ccc(-c5ccccc5)cc3O4)cc21. The van der Waals surface area contributed by atoms with E-state index in [0.717, 1.165) is 56.4 Å². The molecule has 0 fully saturated rings. The number of ether oxygens (including phenoxy) is 1. The van der Waals surface area contributed by atoms with Crippen LogP contribution in [0.1, 0.15) is 25.0 Å². The highest BCUT2D eigenvalue weighted by Crippen LogP contribution is 2.52. The van der Waals surface area contributed by atoms with Crippen LogP contribution in [0.25, 0.3) is 55.6 Å². The fourth-order valence-electron chi connectivity index (χ4n) is 8.38. The molecule has 2 nitrogen and oxygen atoms in total. The number of benzene rings is 8. The molecule has 0 spiro atoms. The number of hydrogen-bond acceptors (Lipinski definition) is 2. The van der Waals surface area contributed by atoms with Crippen molar-refractivity contribution < 1.29 is 4.74 Å². The molecule has 0 saturated carbocycles. The normalized spacial score (nSPS) is 13.0. The Hall–Kier alpha value is -6.64. The lowest BCUT2D eigenvalue weighted by Crippen LogP contribution is -2.16. The molecule has 0 amide bonds. The van der Waals surface area contributed by atoms with Gasteiger partial charge in [0.2, 0.25) is 0 Å². The summed E-state index contributed by atoms with van der Waals surface area (Å²) in [6.07, 6.45) is 0. The van der Waals surface area contributed by atoms with E-state index in [2.05, 4.69) is 207 Å². The van der Waals surface area contributed by atoms with Gasteiger partial charge in [-0.1, -0.05) is 147 Å². The monoisotopic (exact) mass is 679 g/mol. The van der Waals surface area contributed by atoms with Gasteiger partial charge in [0.15, 0.2) is 0 Å². The topological polar surface area (TPSA) is 12.5 Å². The van der Waals surface area contributed by atoms with E-state index in [0.29, 0.717) is 0 Å². The Balaban J connectivity index is 1.13. The van der Waals surface area contributed by atoms with Gasteiger partial charge in [0.05, 0.1) is 0 Å². The second-order valence-corrected chi connectivity index (χ2v) is 14.6. The minimum absolute atomic E-state index is 0.115. The molecule has 0 unspecified atom stereocenters. The van der Waals surface area contributed by atoms with Crippen molar-refractivity contribution in [3.05, 3.63) is 199 Å². The predicted octanol–water partition coefficient (Wildman–Crippen LogP) is 14.2. The number of rotatable bonds is 5. The molecule has 8 aromatic rings. The van der Waals surface area contributed by atoms with Gasteiger partial charge in [-0.15, -0.1) is 0 Å². The maximum absolute atomic E-state index is 6.86. The Morgan fingerprint density at radius 2 is 0.849 bits per heavy atom. The van der Waals surface area contributed by atoms with Crippen molar-refractivity contribution in [2.45, 2.75) is 19.3 Å². The third-order valence-electron chi connectivity index (χ3n) is 11.1. The van der Waals surface area contributed by atoms with E-state index >= 15 is 0 Å². The van der Waals surface area contributed by atoms with Gasteiger partial charge in [-0.05, 0) is 110 Å². The van der Waals surface area contributed by atoms with Crippen LogP contribution in [0, 0.1) is 0 Å². The van der Waals surface area contributed by atoms with Gasteiger partial charge in [0.25, 0.3) is 0 Å². The van der Waals surface area contributed by atoms with E-state index in [4.69, 9.17) is 4.74 Å². The molecule has 0 atom stereocenters. The molecule has 1 aliphatic carbocycles. The summed E-state index contributed by atoms with van der Waals surface area (Å²) in [6.45, 7) is 4.69. The lowest BCUT2D eigenvalue weighted by molar-refractivity contribution is 0.488. The molecule has 1 aliphatic heterocycles. The molecule has 0 bridgehead atoms. The van der Waals surface area contributed by atoms with E-state index in [1.54, 1.807) is 0 Å². The van der Waals surface area contributed by atoms with Crippen molar-refractivity contribution >= 4 is 17.1 Å². The van der Waals surface area contributed by atoms with E-state index < -0.39 is 0 Å². The van der Waals surface area contributed by atoms with E-state index in [-0.39, 0.29) is 5.41 Å². The van der Waals surface area contributed by atoms with E-state index in [9.17, 15) is 0 Å². The van der Waals surface area contributed by atoms with Crippen molar-refractivity contribution in [3.8, 4) is 67.1 Å². The number of anilines is 3. The number of nitrogens with zero attached hydrogens (tertiary/aromatic N) is 1. The average molecular weight is 680 g/mol. The van der Waals surface area contributed by atoms with Crippen LogP contribution in [0.3, 0.4) is 0 Å². The van der Waals surface area contributed by atoms with E-state index in [1.165, 1.54) is 38.9 Å². The summed E-state index contributed by atoms with van der Waals surface area (Å²) < 4.78 is 6.86. The molecule has 2 heteroatoms. The fourth-order valence-corrected chi connectivity index (χ4v) is 8.38. The molecule has 2 aliphatic rings. The highest BCUT2D eigenvalue weighted by molar-refractivity contribution is 5.94. The van der Waals surface area contributed by atoms with Crippen LogP contribution in [-0.2, 0) is 5.41 Å². The third kappa shape index (κ3) is 5.18. The predicted molar refractivity (Wildman–Crippen MR) is 221 cm³/mol. The summed E-state index contributed by atoms with van der Waals surface area (Å²) >= 11 is 0. The van der Waals surface area contributed by atoms with Crippen LogP contribution in [0.2, 0.25) is 0 Å². The van der Waals surface area contributed by atoms with Gasteiger partial charge in [-0.3, -0.25) is 0 Å². The Bertz CT molecular complexity index is 2660. The van der Waals surface area contributed by atoms with Crippen LogP contribution < -0.4 is 9.64 Å². The fraction of sp³-hybridized carbons (Fsp3) is 0.0588. The summed E-state index contributed by atoms with van der Waals surface area (Å²) in [6, 6.07) is 67.7. The summed E-state index contributed by atoms with van der Waals surface area (Å²) in [7, 11) is 0. The molecule has 10 rings (SSSR count). The molecule has 252 valence electrons. The first-order chi connectivity index (χ1) is 26.0. The Labute approximate surface area is 311 Å². The van der Waals surface area contributed by atoms with Crippen LogP contribution in [0.5, 0.6) is 11.5 Å². The minimum atomic E-state index is -0.115. The van der Waals surface area contributed by atoms with Crippen molar-refractivity contribution in [3.63, 3.8) is 0 Å². The molecule has 53 heavy (non-hydrogen) atoms. The Morgan fingerprint density at radius 1 is 0.340 bits per heavy atom. The molecule has 0 saturated heterocycles. The zero-order valence-corrected chi connectivity index (χ0v) is 29.8. The first-order valence-electron chi connectivity index (χ1n) is 18.3. The molecule has 8 aromatic carbocycles. The minimum Gasteiger partial charge on any atom is -0.456 e. The molecular weight excluding hydrogens is 643 g/mol. The Kier molecular flexibility index (Phi) is 7.19. The zero-order chi connectivity index (χ0) is 35.5. The maximum atomic E-state index is 6.86. The second-order valence-electron chi connectivity index (χ2n) is 14.6. The molecular formula is C51H37NO. The van der Waals surface area contributed by atoms with Crippen molar-refractivity contribution in [2.24, 2.45) is 0 Å². The summed E-state index contributed by atoms with van der Waals surface area (Å²) in [5.74, 6) is 1.70. The van der Waals surface area contributed by atoms with Crippen molar-refractivity contribution in [1.29, 1.82) is 0 Å². The largest absolute Gasteiger partial charge is 0.456 e.